The Morgan fingerprint density at radius 2 is 1.90 bits per heavy atom. The molecule has 1 aromatic carbocycles. The van der Waals surface area contributed by atoms with Crippen LogP contribution in [-0.4, -0.2) is 37.4 Å². The van der Waals surface area contributed by atoms with Gasteiger partial charge in [-0.25, -0.2) is 0 Å². The molecule has 1 aliphatic rings. The predicted octanol–water partition coefficient (Wildman–Crippen LogP) is 2.24. The summed E-state index contributed by atoms with van der Waals surface area (Å²) >= 11 is 0. The average Bonchev–Trinajstić information content (AvgIpc) is 2.86. The van der Waals surface area contributed by atoms with Gasteiger partial charge in [0.1, 0.15) is 5.92 Å². The summed E-state index contributed by atoms with van der Waals surface area (Å²) in [6, 6.07) is 4.25. The molecule has 0 spiro atoms. The maximum Gasteiger partial charge on any atom is 0.416 e. The largest absolute Gasteiger partial charge is 0.481 e. The highest BCUT2D eigenvalue weighted by atomic mass is 19.4. The van der Waals surface area contributed by atoms with Gasteiger partial charge in [-0.15, -0.1) is 0 Å². The van der Waals surface area contributed by atoms with Crippen molar-refractivity contribution in [3.05, 3.63) is 29.8 Å². The van der Waals surface area contributed by atoms with Crippen LogP contribution in [0.4, 0.5) is 18.9 Å². The van der Waals surface area contributed by atoms with Gasteiger partial charge in [0.05, 0.1) is 24.8 Å². The summed E-state index contributed by atoms with van der Waals surface area (Å²) in [5.41, 5.74) is -0.202. The van der Waals surface area contributed by atoms with Gasteiger partial charge in [0, 0.05) is 12.7 Å². The van der Waals surface area contributed by atoms with Crippen molar-refractivity contribution in [1.29, 1.82) is 0 Å². The van der Waals surface area contributed by atoms with E-state index in [1.807, 2.05) is 0 Å². The van der Waals surface area contributed by atoms with Crippen LogP contribution >= 0.6 is 0 Å². The molecule has 110 valence electrons. The normalized spacial score (nSPS) is 22.8. The lowest BCUT2D eigenvalue weighted by Gasteiger charge is -2.28. The summed E-state index contributed by atoms with van der Waals surface area (Å²) in [6.07, 6.45) is -4.38. The number of halogens is 3. The molecule has 20 heavy (non-hydrogen) atoms. The Morgan fingerprint density at radius 1 is 1.30 bits per heavy atom. The number of benzene rings is 1. The molecule has 0 aromatic heterocycles. The van der Waals surface area contributed by atoms with Gasteiger partial charge in [-0.1, -0.05) is 0 Å². The molecule has 0 aliphatic carbocycles. The highest BCUT2D eigenvalue weighted by Crippen LogP contribution is 2.31. The number of aliphatic carboxylic acids is 1. The van der Waals surface area contributed by atoms with Crippen LogP contribution in [0.5, 0.6) is 0 Å². The quantitative estimate of drug-likeness (QED) is 0.927. The number of hydrogen-bond acceptors (Lipinski definition) is 3. The summed E-state index contributed by atoms with van der Waals surface area (Å²) in [5.74, 6) is -1.64. The van der Waals surface area contributed by atoms with Crippen molar-refractivity contribution < 1.29 is 27.8 Å². The molecule has 2 rings (SSSR count). The molecular formula is C13H14F3NO3. The molecule has 2 atom stereocenters. The molecule has 0 radical (unpaired) electrons. The molecule has 0 amide bonds. The minimum absolute atomic E-state index is 0.116. The second-order valence-electron chi connectivity index (χ2n) is 4.71. The van der Waals surface area contributed by atoms with Crippen molar-refractivity contribution >= 4 is 11.7 Å². The van der Waals surface area contributed by atoms with Gasteiger partial charge in [-0.3, -0.25) is 4.79 Å². The van der Waals surface area contributed by atoms with E-state index in [9.17, 15) is 18.0 Å². The Morgan fingerprint density at radius 3 is 2.40 bits per heavy atom. The Bertz CT molecular complexity index is 487. The van der Waals surface area contributed by atoms with Gasteiger partial charge in [0.2, 0.25) is 0 Å². The van der Waals surface area contributed by atoms with E-state index in [0.29, 0.717) is 5.69 Å². The predicted molar refractivity (Wildman–Crippen MR) is 65.6 cm³/mol. The van der Waals surface area contributed by atoms with E-state index in [2.05, 4.69) is 0 Å². The number of carbonyl (C=O) groups is 1. The van der Waals surface area contributed by atoms with Crippen molar-refractivity contribution in [3.8, 4) is 0 Å². The first-order valence-electron chi connectivity index (χ1n) is 6.01. The van der Waals surface area contributed by atoms with Crippen LogP contribution < -0.4 is 4.90 Å². The average molecular weight is 289 g/mol. The van der Waals surface area contributed by atoms with Crippen molar-refractivity contribution in [2.75, 3.05) is 25.2 Å². The third-order valence-electron chi connectivity index (χ3n) is 3.47. The first-order valence-corrected chi connectivity index (χ1v) is 6.01. The molecule has 1 N–H and O–H groups in total. The standard InChI is InChI=1S/C13H14F3NO3/c1-17(11-7-20-6-10(11)12(18)19)9-4-2-8(3-5-9)13(14,15)16/h2-5,10-11H,6-7H2,1H3,(H,18,19). The fourth-order valence-electron chi connectivity index (χ4n) is 2.24. The van der Waals surface area contributed by atoms with Gasteiger partial charge in [0.15, 0.2) is 0 Å². The van der Waals surface area contributed by atoms with E-state index >= 15 is 0 Å². The zero-order valence-electron chi connectivity index (χ0n) is 10.7. The summed E-state index contributed by atoms with van der Waals surface area (Å²) in [5, 5.41) is 9.07. The Labute approximate surface area is 113 Å². The smallest absolute Gasteiger partial charge is 0.416 e. The van der Waals surface area contributed by atoms with E-state index in [4.69, 9.17) is 9.84 Å². The summed E-state index contributed by atoms with van der Waals surface area (Å²) in [7, 11) is 1.65. The van der Waals surface area contributed by atoms with Gasteiger partial charge >= 0.3 is 12.1 Å². The van der Waals surface area contributed by atoms with Gasteiger partial charge in [0.25, 0.3) is 0 Å². The Kier molecular flexibility index (Phi) is 3.89. The number of carboxylic acids is 1. The van der Waals surface area contributed by atoms with E-state index in [1.165, 1.54) is 12.1 Å². The topological polar surface area (TPSA) is 49.8 Å². The molecule has 2 unspecified atom stereocenters. The highest BCUT2D eigenvalue weighted by Gasteiger charge is 2.37. The number of hydrogen-bond donors (Lipinski definition) is 1. The molecule has 1 saturated heterocycles. The second-order valence-corrected chi connectivity index (χ2v) is 4.71. The van der Waals surface area contributed by atoms with E-state index in [-0.39, 0.29) is 19.3 Å². The fraction of sp³-hybridized carbons (Fsp3) is 0.462. The Hall–Kier alpha value is -1.76. The van der Waals surface area contributed by atoms with E-state index in [0.717, 1.165) is 12.1 Å². The molecule has 1 aromatic rings. The number of ether oxygens (including phenoxy) is 1. The SMILES string of the molecule is CN(c1ccc(C(F)(F)F)cc1)C1COCC1C(=O)O. The van der Waals surface area contributed by atoms with Crippen molar-refractivity contribution in [1.82, 2.24) is 0 Å². The Balaban J connectivity index is 2.17. The second kappa shape index (κ2) is 5.32. The molecule has 0 saturated carbocycles. The number of likely N-dealkylation sites (N-methyl/N-ethyl adjacent to an activating group) is 1. The third-order valence-corrected chi connectivity index (χ3v) is 3.47. The first kappa shape index (κ1) is 14.6. The zero-order valence-corrected chi connectivity index (χ0v) is 10.7. The van der Waals surface area contributed by atoms with Crippen LogP contribution in [0.3, 0.4) is 0 Å². The van der Waals surface area contributed by atoms with Crippen LogP contribution in [0.15, 0.2) is 24.3 Å². The zero-order chi connectivity index (χ0) is 14.9. The maximum absolute atomic E-state index is 12.5. The molecular weight excluding hydrogens is 275 g/mol. The number of rotatable bonds is 3. The third kappa shape index (κ3) is 2.87. The number of alkyl halides is 3. The molecule has 4 nitrogen and oxygen atoms in total. The number of carboxylic acid groups (broad SMARTS) is 1. The van der Waals surface area contributed by atoms with Crippen molar-refractivity contribution in [3.63, 3.8) is 0 Å². The number of anilines is 1. The van der Waals surface area contributed by atoms with E-state index in [1.54, 1.807) is 11.9 Å². The summed E-state index contributed by atoms with van der Waals surface area (Å²) in [4.78, 5) is 12.7. The lowest BCUT2D eigenvalue weighted by Crippen LogP contribution is -2.40. The van der Waals surface area contributed by atoms with Crippen LogP contribution in [0.2, 0.25) is 0 Å². The minimum atomic E-state index is -4.38. The molecule has 0 bridgehead atoms. The lowest BCUT2D eigenvalue weighted by atomic mass is 10.0. The van der Waals surface area contributed by atoms with Gasteiger partial charge in [-0.2, -0.15) is 13.2 Å². The molecule has 1 aliphatic heterocycles. The van der Waals surface area contributed by atoms with Crippen molar-refractivity contribution in [2.45, 2.75) is 12.2 Å². The number of nitrogens with zero attached hydrogens (tertiary/aromatic N) is 1. The van der Waals surface area contributed by atoms with Crippen LogP contribution in [0.25, 0.3) is 0 Å². The molecule has 1 heterocycles. The summed E-state index contributed by atoms with van der Waals surface area (Å²) < 4.78 is 42.6. The van der Waals surface area contributed by atoms with E-state index < -0.39 is 23.6 Å². The fourth-order valence-corrected chi connectivity index (χ4v) is 2.24. The van der Waals surface area contributed by atoms with Crippen molar-refractivity contribution in [2.24, 2.45) is 5.92 Å². The van der Waals surface area contributed by atoms with Gasteiger partial charge in [-0.05, 0) is 24.3 Å². The van der Waals surface area contributed by atoms with Crippen LogP contribution in [-0.2, 0) is 15.7 Å². The first-order chi connectivity index (χ1) is 9.30. The van der Waals surface area contributed by atoms with Gasteiger partial charge < -0.3 is 14.7 Å². The summed E-state index contributed by atoms with van der Waals surface area (Å²) in [6.45, 7) is 0.361. The molecule has 1 fully saturated rings. The molecule has 7 heteroatoms. The monoisotopic (exact) mass is 289 g/mol. The van der Waals surface area contributed by atoms with Crippen LogP contribution in [0.1, 0.15) is 5.56 Å². The minimum Gasteiger partial charge on any atom is -0.481 e. The maximum atomic E-state index is 12.5. The lowest BCUT2D eigenvalue weighted by molar-refractivity contribution is -0.142. The van der Waals surface area contributed by atoms with Crippen LogP contribution in [0, 0.1) is 5.92 Å². The highest BCUT2D eigenvalue weighted by molar-refractivity contribution is 5.72.